The molecule has 0 saturated carbocycles. The van der Waals surface area contributed by atoms with E-state index in [1.54, 1.807) is 19.1 Å². The molecule has 118 valence electrons. The average Bonchev–Trinajstić information content (AvgIpc) is 2.69. The third-order valence-electron chi connectivity index (χ3n) is 3.70. The Morgan fingerprint density at radius 1 is 1.43 bits per heavy atom. The van der Waals surface area contributed by atoms with Crippen LogP contribution in [-0.2, 0) is 10.0 Å². The van der Waals surface area contributed by atoms with Gasteiger partial charge in [0.15, 0.2) is 0 Å². The summed E-state index contributed by atoms with van der Waals surface area (Å²) in [7, 11) is 0.163. The van der Waals surface area contributed by atoms with E-state index in [1.165, 1.54) is 10.4 Å². The van der Waals surface area contributed by atoms with E-state index >= 15 is 0 Å². The lowest BCUT2D eigenvalue weighted by atomic mass is 10.2. The van der Waals surface area contributed by atoms with Crippen molar-refractivity contribution in [2.75, 3.05) is 32.9 Å². The highest BCUT2D eigenvalue weighted by molar-refractivity contribution is 7.89. The van der Waals surface area contributed by atoms with Gasteiger partial charge in [-0.15, -0.1) is 0 Å². The number of sulfonamides is 1. The van der Waals surface area contributed by atoms with Crippen molar-refractivity contribution in [3.8, 4) is 0 Å². The molecule has 7 heteroatoms. The zero-order valence-corrected chi connectivity index (χ0v) is 13.5. The first-order chi connectivity index (χ1) is 9.71. The highest BCUT2D eigenvalue weighted by Gasteiger charge is 2.40. The van der Waals surface area contributed by atoms with Crippen LogP contribution in [-0.4, -0.2) is 62.1 Å². The second-order valence-corrected chi connectivity index (χ2v) is 7.76. The molecule has 1 heterocycles. The zero-order chi connectivity index (χ0) is 15.8. The lowest BCUT2D eigenvalue weighted by Crippen LogP contribution is -2.41. The van der Waals surface area contributed by atoms with Gasteiger partial charge in [-0.25, -0.2) is 8.42 Å². The predicted octanol–water partition coefficient (Wildman–Crippen LogP) is 0.263. The topological polar surface area (TPSA) is 86.9 Å². The molecule has 0 aliphatic carbocycles. The quantitative estimate of drug-likeness (QED) is 0.779. The zero-order valence-electron chi connectivity index (χ0n) is 12.7. The number of aliphatic hydroxyl groups is 1. The number of likely N-dealkylation sites (N-methyl/N-ethyl adjacent to an activating group) is 1. The maximum atomic E-state index is 12.9. The Morgan fingerprint density at radius 3 is 2.67 bits per heavy atom. The van der Waals surface area contributed by atoms with Gasteiger partial charge in [0.2, 0.25) is 10.0 Å². The largest absolute Gasteiger partial charge is 0.399 e. The van der Waals surface area contributed by atoms with Crippen LogP contribution in [0.1, 0.15) is 12.0 Å². The Hall–Kier alpha value is -1.15. The van der Waals surface area contributed by atoms with Crippen LogP contribution in [0.2, 0.25) is 0 Å². The van der Waals surface area contributed by atoms with Crippen molar-refractivity contribution in [1.82, 2.24) is 9.21 Å². The van der Waals surface area contributed by atoms with Gasteiger partial charge >= 0.3 is 0 Å². The van der Waals surface area contributed by atoms with Crippen molar-refractivity contribution in [1.29, 1.82) is 0 Å². The van der Waals surface area contributed by atoms with E-state index in [-0.39, 0.29) is 17.5 Å². The number of aryl methyl sites for hydroxylation is 1. The van der Waals surface area contributed by atoms with Gasteiger partial charge in [0.05, 0.1) is 11.0 Å². The summed E-state index contributed by atoms with van der Waals surface area (Å²) in [6.45, 7) is 2.46. The Morgan fingerprint density at radius 2 is 2.10 bits per heavy atom. The van der Waals surface area contributed by atoms with E-state index < -0.39 is 16.1 Å². The summed E-state index contributed by atoms with van der Waals surface area (Å²) >= 11 is 0. The second-order valence-electron chi connectivity index (χ2n) is 5.91. The number of β-amino-alcohol motifs (C(OH)–C–C–N with tert-alkyl or cyclic N) is 1. The Bertz CT molecular complexity index is 616. The molecule has 6 nitrogen and oxygen atoms in total. The number of benzene rings is 1. The van der Waals surface area contributed by atoms with Crippen LogP contribution in [0.4, 0.5) is 5.69 Å². The van der Waals surface area contributed by atoms with Crippen LogP contribution in [0, 0.1) is 6.92 Å². The van der Waals surface area contributed by atoms with E-state index in [2.05, 4.69) is 0 Å². The number of nitrogens with zero attached hydrogens (tertiary/aromatic N) is 2. The molecule has 2 unspecified atom stereocenters. The average molecular weight is 313 g/mol. The monoisotopic (exact) mass is 313 g/mol. The first-order valence-corrected chi connectivity index (χ1v) is 8.36. The van der Waals surface area contributed by atoms with Crippen LogP contribution in [0.25, 0.3) is 0 Å². The lowest BCUT2D eigenvalue weighted by molar-refractivity contribution is 0.188. The Kier molecular flexibility index (Phi) is 4.57. The van der Waals surface area contributed by atoms with Gasteiger partial charge in [-0.2, -0.15) is 4.31 Å². The maximum Gasteiger partial charge on any atom is 0.243 e. The standard InChI is InChI=1S/C14H23N3O3S/c1-10-6-11(15)4-5-14(10)21(19,20)17-9-13(18)7-12(17)8-16(2)3/h4-6,12-13,18H,7-9,15H2,1-3H3. The van der Waals surface area contributed by atoms with Crippen LogP contribution >= 0.6 is 0 Å². The number of hydrogen-bond acceptors (Lipinski definition) is 5. The molecule has 0 aromatic heterocycles. The third-order valence-corrected chi connectivity index (χ3v) is 5.78. The molecule has 1 fully saturated rings. The summed E-state index contributed by atoms with van der Waals surface area (Å²) in [6.07, 6.45) is -0.148. The van der Waals surface area contributed by atoms with E-state index in [9.17, 15) is 13.5 Å². The lowest BCUT2D eigenvalue weighted by Gasteiger charge is -2.26. The molecular weight excluding hydrogens is 290 g/mol. The van der Waals surface area contributed by atoms with Gasteiger partial charge < -0.3 is 15.7 Å². The Labute approximate surface area is 126 Å². The van der Waals surface area contributed by atoms with Crippen LogP contribution in [0.3, 0.4) is 0 Å². The molecular formula is C14H23N3O3S. The van der Waals surface area contributed by atoms with Gasteiger partial charge in [0.1, 0.15) is 0 Å². The van der Waals surface area contributed by atoms with Crippen molar-refractivity contribution in [3.05, 3.63) is 23.8 Å². The fraction of sp³-hybridized carbons (Fsp3) is 0.571. The van der Waals surface area contributed by atoms with Crippen LogP contribution in [0.5, 0.6) is 0 Å². The van der Waals surface area contributed by atoms with E-state index in [4.69, 9.17) is 5.73 Å². The molecule has 3 N–H and O–H groups in total. The summed E-state index contributed by atoms with van der Waals surface area (Å²) in [4.78, 5) is 2.19. The van der Waals surface area contributed by atoms with Gasteiger partial charge in [0.25, 0.3) is 0 Å². The SMILES string of the molecule is Cc1cc(N)ccc1S(=O)(=O)N1CC(O)CC1CN(C)C. The number of hydrogen-bond donors (Lipinski definition) is 2. The number of anilines is 1. The highest BCUT2D eigenvalue weighted by Crippen LogP contribution is 2.29. The molecule has 21 heavy (non-hydrogen) atoms. The molecule has 1 aliphatic heterocycles. The summed E-state index contributed by atoms with van der Waals surface area (Å²) in [6, 6.07) is 4.57. The molecule has 0 bridgehead atoms. The third kappa shape index (κ3) is 3.37. The molecule has 1 aliphatic rings. The molecule has 0 radical (unpaired) electrons. The molecule has 2 rings (SSSR count). The minimum Gasteiger partial charge on any atom is -0.399 e. The molecule has 1 saturated heterocycles. The first-order valence-electron chi connectivity index (χ1n) is 6.92. The first kappa shape index (κ1) is 16.2. The molecule has 1 aromatic carbocycles. The molecule has 1 aromatic rings. The van der Waals surface area contributed by atoms with Gasteiger partial charge in [-0.1, -0.05) is 0 Å². The number of aliphatic hydroxyl groups excluding tert-OH is 1. The van der Waals surface area contributed by atoms with E-state index in [0.717, 1.165) is 0 Å². The fourth-order valence-corrected chi connectivity index (χ4v) is 4.70. The number of nitrogens with two attached hydrogens (primary N) is 1. The predicted molar refractivity (Wildman–Crippen MR) is 82.4 cm³/mol. The van der Waals surface area contributed by atoms with Crippen LogP contribution in [0.15, 0.2) is 23.1 Å². The highest BCUT2D eigenvalue weighted by atomic mass is 32.2. The molecule has 0 amide bonds. The van der Waals surface area contributed by atoms with E-state index in [0.29, 0.717) is 24.2 Å². The smallest absolute Gasteiger partial charge is 0.243 e. The summed E-state index contributed by atoms with van der Waals surface area (Å²) < 4.78 is 27.1. The van der Waals surface area contributed by atoms with Gasteiger partial charge in [-0.3, -0.25) is 0 Å². The number of rotatable bonds is 4. The summed E-state index contributed by atoms with van der Waals surface area (Å²) in [5.41, 5.74) is 6.85. The Balaban J connectivity index is 2.37. The normalized spacial score (nSPS) is 23.9. The number of nitrogen functional groups attached to an aromatic ring is 1. The maximum absolute atomic E-state index is 12.9. The van der Waals surface area contributed by atoms with Gasteiger partial charge in [0, 0.05) is 24.8 Å². The molecule has 0 spiro atoms. The van der Waals surface area contributed by atoms with Crippen molar-refractivity contribution in [3.63, 3.8) is 0 Å². The minimum absolute atomic E-state index is 0.144. The minimum atomic E-state index is -3.62. The van der Waals surface area contributed by atoms with Gasteiger partial charge in [-0.05, 0) is 51.2 Å². The summed E-state index contributed by atoms with van der Waals surface area (Å²) in [5, 5.41) is 9.86. The van der Waals surface area contributed by atoms with Crippen molar-refractivity contribution < 1.29 is 13.5 Å². The second kappa shape index (κ2) is 5.92. The summed E-state index contributed by atoms with van der Waals surface area (Å²) in [5.74, 6) is 0. The van der Waals surface area contributed by atoms with E-state index in [1.807, 2.05) is 19.0 Å². The molecule has 2 atom stereocenters. The fourth-order valence-electron chi connectivity index (χ4n) is 2.83. The van der Waals surface area contributed by atoms with Crippen LogP contribution < -0.4 is 5.73 Å². The van der Waals surface area contributed by atoms with Crippen molar-refractivity contribution >= 4 is 15.7 Å². The van der Waals surface area contributed by atoms with Crippen molar-refractivity contribution in [2.24, 2.45) is 0 Å². The van der Waals surface area contributed by atoms with Crippen molar-refractivity contribution in [2.45, 2.75) is 30.4 Å².